The summed E-state index contributed by atoms with van der Waals surface area (Å²) in [4.78, 5) is 0. The number of nitrogens with one attached hydrogen (secondary N) is 2. The van der Waals surface area contributed by atoms with Crippen molar-refractivity contribution in [2.75, 3.05) is 31.1 Å². The van der Waals surface area contributed by atoms with Gasteiger partial charge >= 0.3 is 0 Å². The molecule has 0 aliphatic carbocycles. The lowest BCUT2D eigenvalue weighted by molar-refractivity contribution is 0.358. The van der Waals surface area contributed by atoms with Crippen molar-refractivity contribution in [3.05, 3.63) is 0 Å². The van der Waals surface area contributed by atoms with Gasteiger partial charge in [0.25, 0.3) is 0 Å². The van der Waals surface area contributed by atoms with Crippen LogP contribution in [0.5, 0.6) is 0 Å². The maximum atomic E-state index is 12.0. The Hall–Kier alpha value is -0.180. The van der Waals surface area contributed by atoms with E-state index in [0.29, 0.717) is 12.5 Å². The summed E-state index contributed by atoms with van der Waals surface area (Å²) in [5.41, 5.74) is 0. The molecule has 2 fully saturated rings. The third-order valence-corrected chi connectivity index (χ3v) is 7.75. The summed E-state index contributed by atoms with van der Waals surface area (Å²) in [5, 5.41) is 2.53. The highest BCUT2D eigenvalue weighted by Crippen LogP contribution is 2.19. The van der Waals surface area contributed by atoms with Gasteiger partial charge in [0.05, 0.1) is 16.8 Å². The van der Waals surface area contributed by atoms with E-state index in [1.54, 1.807) is 0 Å². The van der Waals surface area contributed by atoms with Gasteiger partial charge in [-0.2, -0.15) is 0 Å². The lowest BCUT2D eigenvalue weighted by atomic mass is 9.96. The van der Waals surface area contributed by atoms with E-state index in [1.165, 1.54) is 0 Å². The van der Waals surface area contributed by atoms with Crippen LogP contribution in [0, 0.1) is 5.92 Å². The van der Waals surface area contributed by atoms with Gasteiger partial charge < -0.3 is 5.32 Å². The van der Waals surface area contributed by atoms with E-state index in [1.807, 2.05) is 0 Å². The minimum Gasteiger partial charge on any atom is -0.316 e. The van der Waals surface area contributed by atoms with Crippen molar-refractivity contribution < 1.29 is 16.8 Å². The van der Waals surface area contributed by atoms with E-state index in [9.17, 15) is 16.8 Å². The Morgan fingerprint density at radius 3 is 2.63 bits per heavy atom. The SMILES string of the molecule is O=S1(=O)CCC(S(=O)(=O)NCCC2CCCNC2)C1. The molecule has 0 amide bonds. The third kappa shape index (κ3) is 4.40. The molecule has 0 aromatic heterocycles. The molecule has 0 spiro atoms. The first-order valence-electron chi connectivity index (χ1n) is 6.79. The fourth-order valence-corrected chi connectivity index (χ4v) is 6.80. The van der Waals surface area contributed by atoms with Crippen LogP contribution in [0.3, 0.4) is 0 Å². The van der Waals surface area contributed by atoms with Crippen LogP contribution in [0.1, 0.15) is 25.7 Å². The normalized spacial score (nSPS) is 31.4. The summed E-state index contributed by atoms with van der Waals surface area (Å²) in [6.07, 6.45) is 3.30. The minimum absolute atomic E-state index is 0.00881. The second-order valence-corrected chi connectivity index (χ2v) is 9.74. The fraction of sp³-hybridized carbons (Fsp3) is 1.00. The maximum Gasteiger partial charge on any atom is 0.215 e. The van der Waals surface area contributed by atoms with Gasteiger partial charge in [-0.25, -0.2) is 21.6 Å². The van der Waals surface area contributed by atoms with Crippen LogP contribution in [0.2, 0.25) is 0 Å². The Morgan fingerprint density at radius 1 is 1.26 bits per heavy atom. The Labute approximate surface area is 115 Å². The summed E-state index contributed by atoms with van der Waals surface area (Å²) in [7, 11) is -6.63. The smallest absolute Gasteiger partial charge is 0.215 e. The van der Waals surface area contributed by atoms with Gasteiger partial charge in [0.1, 0.15) is 0 Å². The Morgan fingerprint density at radius 2 is 2.05 bits per heavy atom. The summed E-state index contributed by atoms with van der Waals surface area (Å²) in [6.45, 7) is 2.40. The highest BCUT2D eigenvalue weighted by Gasteiger charge is 2.36. The van der Waals surface area contributed by atoms with Crippen molar-refractivity contribution in [1.29, 1.82) is 0 Å². The van der Waals surface area contributed by atoms with E-state index in [4.69, 9.17) is 0 Å². The van der Waals surface area contributed by atoms with E-state index in [-0.39, 0.29) is 17.9 Å². The van der Waals surface area contributed by atoms with Crippen LogP contribution in [0.15, 0.2) is 0 Å². The number of piperidine rings is 1. The van der Waals surface area contributed by atoms with Crippen molar-refractivity contribution in [2.45, 2.75) is 30.9 Å². The summed E-state index contributed by atoms with van der Waals surface area (Å²) in [5.74, 6) is 0.280. The van der Waals surface area contributed by atoms with Crippen molar-refractivity contribution in [2.24, 2.45) is 5.92 Å². The molecule has 112 valence electrons. The number of sulfonamides is 1. The number of sulfone groups is 1. The molecule has 2 N–H and O–H groups in total. The van der Waals surface area contributed by atoms with Gasteiger partial charge in [-0.15, -0.1) is 0 Å². The van der Waals surface area contributed by atoms with E-state index in [0.717, 1.165) is 32.4 Å². The number of rotatable bonds is 5. The molecular weight excluding hydrogens is 288 g/mol. The van der Waals surface area contributed by atoms with Gasteiger partial charge in [-0.3, -0.25) is 0 Å². The topological polar surface area (TPSA) is 92.3 Å². The average molecular weight is 310 g/mol. The maximum absolute atomic E-state index is 12.0. The second kappa shape index (κ2) is 6.07. The standard InChI is InChI=1S/C11H22N2O4S2/c14-18(15)7-4-11(9-18)19(16,17)13-6-3-10-2-1-5-12-8-10/h10-13H,1-9H2. The molecule has 0 aromatic rings. The van der Waals surface area contributed by atoms with Crippen molar-refractivity contribution >= 4 is 19.9 Å². The Balaban J connectivity index is 1.78. The predicted octanol–water partition coefficient (Wildman–Crippen LogP) is -0.517. The third-order valence-electron chi connectivity index (χ3n) is 3.88. The van der Waals surface area contributed by atoms with Crippen molar-refractivity contribution in [1.82, 2.24) is 10.0 Å². The molecule has 2 unspecified atom stereocenters. The molecule has 2 saturated heterocycles. The quantitative estimate of drug-likeness (QED) is 0.713. The Bertz CT molecular complexity index is 495. The molecule has 0 radical (unpaired) electrons. The van der Waals surface area contributed by atoms with Crippen molar-refractivity contribution in [3.8, 4) is 0 Å². The first-order valence-corrected chi connectivity index (χ1v) is 10.2. The zero-order valence-corrected chi connectivity index (χ0v) is 12.6. The zero-order chi connectivity index (χ0) is 13.9. The second-order valence-electron chi connectivity index (χ2n) is 5.47. The molecule has 2 heterocycles. The van der Waals surface area contributed by atoms with E-state index < -0.39 is 25.1 Å². The van der Waals surface area contributed by atoms with E-state index >= 15 is 0 Å². The predicted molar refractivity (Wildman–Crippen MR) is 74.2 cm³/mol. The van der Waals surface area contributed by atoms with Crippen LogP contribution in [-0.4, -0.2) is 53.2 Å². The van der Waals surface area contributed by atoms with Gasteiger partial charge in [0.2, 0.25) is 10.0 Å². The van der Waals surface area contributed by atoms with Gasteiger partial charge in [0, 0.05) is 6.54 Å². The zero-order valence-electron chi connectivity index (χ0n) is 11.0. The van der Waals surface area contributed by atoms with Crippen LogP contribution in [0.25, 0.3) is 0 Å². The van der Waals surface area contributed by atoms with Gasteiger partial charge in [-0.05, 0) is 44.7 Å². The molecule has 19 heavy (non-hydrogen) atoms. The average Bonchev–Trinajstić information content (AvgIpc) is 2.72. The lowest BCUT2D eigenvalue weighted by Crippen LogP contribution is -2.37. The largest absolute Gasteiger partial charge is 0.316 e. The number of hydrogen-bond acceptors (Lipinski definition) is 5. The van der Waals surface area contributed by atoms with Gasteiger partial charge in [-0.1, -0.05) is 0 Å². The van der Waals surface area contributed by atoms with Crippen LogP contribution < -0.4 is 10.0 Å². The van der Waals surface area contributed by atoms with Crippen LogP contribution in [-0.2, 0) is 19.9 Å². The summed E-state index contributed by atoms with van der Waals surface area (Å²) in [6, 6.07) is 0. The van der Waals surface area contributed by atoms with Gasteiger partial charge in [0.15, 0.2) is 9.84 Å². The monoisotopic (exact) mass is 310 g/mol. The molecular formula is C11H22N2O4S2. The fourth-order valence-electron chi connectivity index (χ4n) is 2.70. The molecule has 8 heteroatoms. The van der Waals surface area contributed by atoms with Crippen LogP contribution >= 0.6 is 0 Å². The first-order chi connectivity index (χ1) is 8.89. The van der Waals surface area contributed by atoms with Crippen molar-refractivity contribution in [3.63, 3.8) is 0 Å². The summed E-state index contributed by atoms with van der Waals surface area (Å²) < 4.78 is 49.1. The molecule has 2 atom stereocenters. The minimum atomic E-state index is -3.48. The molecule has 2 aliphatic rings. The number of hydrogen-bond donors (Lipinski definition) is 2. The molecule has 0 bridgehead atoms. The van der Waals surface area contributed by atoms with Crippen LogP contribution in [0.4, 0.5) is 0 Å². The molecule has 0 saturated carbocycles. The van der Waals surface area contributed by atoms with E-state index in [2.05, 4.69) is 10.0 Å². The molecule has 6 nitrogen and oxygen atoms in total. The molecule has 0 aromatic carbocycles. The Kier molecular flexibility index (Phi) is 4.86. The highest BCUT2D eigenvalue weighted by atomic mass is 32.2. The summed E-state index contributed by atoms with van der Waals surface area (Å²) >= 11 is 0. The molecule has 2 rings (SSSR count). The highest BCUT2D eigenvalue weighted by molar-refractivity contribution is 7.95. The first kappa shape index (κ1) is 15.2. The lowest BCUT2D eigenvalue weighted by Gasteiger charge is -2.22. The molecule has 2 aliphatic heterocycles.